The van der Waals surface area contributed by atoms with Crippen molar-refractivity contribution in [2.24, 2.45) is 0 Å². The Labute approximate surface area is 313 Å². The molecule has 0 unspecified atom stereocenters. The van der Waals surface area contributed by atoms with E-state index in [4.69, 9.17) is 74.5 Å². The summed E-state index contributed by atoms with van der Waals surface area (Å²) in [5, 5.41) is 0. The molecule has 43 heavy (non-hydrogen) atoms. The first-order chi connectivity index (χ1) is 20.2. The molecule has 0 bridgehead atoms. The van der Waals surface area contributed by atoms with Crippen LogP contribution in [0.1, 0.15) is 157 Å². The van der Waals surface area contributed by atoms with Crippen molar-refractivity contribution in [3.8, 4) is 0 Å². The van der Waals surface area contributed by atoms with E-state index in [1.807, 2.05) is 0 Å². The molecule has 0 heterocycles. The number of hydrogen-bond donors (Lipinski definition) is 0. The minimum Gasteiger partial charge on any atom is -0.411 e. The van der Waals surface area contributed by atoms with Gasteiger partial charge in [-0.2, -0.15) is 0 Å². The molecule has 0 rings (SSSR count). The van der Waals surface area contributed by atoms with Gasteiger partial charge in [-0.15, -0.1) is 0 Å². The maximum atomic E-state index is 5.06. The van der Waals surface area contributed by atoms with E-state index < -0.39 is 0 Å². The fraction of sp³-hybridized carbons (Fsp3) is 0.909. The molecule has 0 saturated heterocycles. The van der Waals surface area contributed by atoms with E-state index in [2.05, 4.69) is 56.2 Å². The van der Waals surface area contributed by atoms with Crippen LogP contribution >= 0.6 is 36.7 Å². The van der Waals surface area contributed by atoms with Gasteiger partial charge in [0, 0.05) is 39.3 Å². The van der Waals surface area contributed by atoms with E-state index in [0.717, 1.165) is 39.3 Å². The molecular weight excluding hydrogens is 687 g/mol. The second-order valence-electron chi connectivity index (χ2n) is 11.0. The Morgan fingerprint density at radius 1 is 0.349 bits per heavy atom. The predicted molar refractivity (Wildman–Crippen MR) is 212 cm³/mol. The van der Waals surface area contributed by atoms with Crippen molar-refractivity contribution in [1.29, 1.82) is 0 Å². The molecule has 0 aromatic rings. The zero-order chi connectivity index (χ0) is 32.4. The van der Waals surface area contributed by atoms with Crippen LogP contribution in [0.2, 0.25) is 0 Å². The summed E-state index contributed by atoms with van der Waals surface area (Å²) in [5.41, 5.74) is 0. The zero-order valence-corrected chi connectivity index (χ0v) is 34.6. The minimum absolute atomic E-state index is 0. The van der Waals surface area contributed by atoms with Gasteiger partial charge in [-0.05, 0) is 38.5 Å². The van der Waals surface area contributed by atoms with E-state index in [0.29, 0.717) is 13.0 Å². The van der Waals surface area contributed by atoms with Gasteiger partial charge in [0.1, 0.15) is 0 Å². The van der Waals surface area contributed by atoms with Crippen LogP contribution in [0.4, 0.5) is 0 Å². The number of rotatable bonds is 24. The smallest absolute Gasteiger partial charge is 0.411 e. The molecule has 1 radical (unpaired) electrons. The summed E-state index contributed by atoms with van der Waals surface area (Å²) >= 11 is 30.3. The Morgan fingerprint density at radius 3 is 0.581 bits per heavy atom. The summed E-state index contributed by atoms with van der Waals surface area (Å²) in [6, 6.07) is 0. The fourth-order valence-electron chi connectivity index (χ4n) is 4.20. The van der Waals surface area contributed by atoms with E-state index in [-0.39, 0.29) is 17.1 Å². The third-order valence-electron chi connectivity index (χ3n) is 6.96. The van der Waals surface area contributed by atoms with Crippen molar-refractivity contribution in [1.82, 2.24) is 14.7 Å². The third kappa shape index (κ3) is 38.9. The van der Waals surface area contributed by atoms with Gasteiger partial charge in [0.2, 0.25) is 0 Å². The molecule has 0 amide bonds. The summed E-state index contributed by atoms with van der Waals surface area (Å²) in [6.07, 6.45) is 22.6. The first kappa shape index (κ1) is 50.7. The summed E-state index contributed by atoms with van der Waals surface area (Å²) in [5.74, 6) is 0. The maximum absolute atomic E-state index is 5.06. The summed E-state index contributed by atoms with van der Waals surface area (Å²) in [4.78, 5) is 6.53. The minimum atomic E-state index is 0. The van der Waals surface area contributed by atoms with Crippen LogP contribution in [0.15, 0.2) is 0 Å². The summed E-state index contributed by atoms with van der Waals surface area (Å²) in [7, 11) is 0. The number of nitrogens with zero attached hydrogens (tertiary/aromatic N) is 3. The Hall–Kier alpha value is 0.849. The van der Waals surface area contributed by atoms with Crippen LogP contribution in [-0.4, -0.2) is 66.9 Å². The molecule has 0 aliphatic rings. The van der Waals surface area contributed by atoms with Crippen molar-refractivity contribution >= 4 is 87.5 Å². The van der Waals surface area contributed by atoms with Gasteiger partial charge in [0.25, 0.3) is 0 Å². The normalized spacial score (nSPS) is 9.91. The molecular formula is C33H66FeN3S6. The SMILES string of the molecule is CCCCCN(CCCCC)C(=S)[S-].CCCCCN(CCCCC)C(=S)[S-].CCCCCN(CCCCC)C(=S)[S-].[Fe+3]. The average Bonchev–Trinajstić information content (AvgIpc) is 2.95. The monoisotopic (exact) mass is 752 g/mol. The standard InChI is InChI=1S/3C11H23NS2.Fe/c3*1-3-5-7-9-12(11(13)14)10-8-6-4-2;/h3*3-10H2,1-2H3,(H,13,14);/q;;;+3/p-3. The molecule has 3 nitrogen and oxygen atoms in total. The predicted octanol–water partition coefficient (Wildman–Crippen LogP) is 10.5. The van der Waals surface area contributed by atoms with Crippen LogP contribution in [0.5, 0.6) is 0 Å². The Morgan fingerprint density at radius 2 is 0.488 bits per heavy atom. The Balaban J connectivity index is -0.000000262. The second-order valence-corrected chi connectivity index (χ2v) is 14.1. The zero-order valence-electron chi connectivity index (χ0n) is 28.6. The molecule has 0 aromatic carbocycles. The molecule has 0 aliphatic carbocycles. The molecule has 0 N–H and O–H groups in total. The molecule has 0 spiro atoms. The van der Waals surface area contributed by atoms with E-state index in [9.17, 15) is 0 Å². The molecule has 0 atom stereocenters. The quantitative estimate of drug-likeness (QED) is 0.0409. The Kier molecular flexibility index (Phi) is 48.2. The van der Waals surface area contributed by atoms with Crippen LogP contribution in [0, 0.1) is 0 Å². The van der Waals surface area contributed by atoms with Crippen molar-refractivity contribution in [2.75, 3.05) is 39.3 Å². The van der Waals surface area contributed by atoms with E-state index >= 15 is 0 Å². The van der Waals surface area contributed by atoms with Crippen LogP contribution < -0.4 is 0 Å². The topological polar surface area (TPSA) is 9.72 Å². The Bertz CT molecular complexity index is 502. The average molecular weight is 753 g/mol. The van der Waals surface area contributed by atoms with Gasteiger partial charge in [-0.1, -0.05) is 132 Å². The van der Waals surface area contributed by atoms with E-state index in [1.54, 1.807) is 0 Å². The second kappa shape index (κ2) is 40.9. The fourth-order valence-corrected chi connectivity index (χ4v) is 5.29. The number of hydrogen-bond acceptors (Lipinski definition) is 6. The van der Waals surface area contributed by atoms with Crippen LogP contribution in [0.3, 0.4) is 0 Å². The largest absolute Gasteiger partial charge is 3.00 e. The number of thiocarbonyl (C=S) groups is 3. The molecule has 10 heteroatoms. The summed E-state index contributed by atoms with van der Waals surface area (Å²) < 4.78 is 1.95. The maximum Gasteiger partial charge on any atom is 3.00 e. The summed E-state index contributed by atoms with van der Waals surface area (Å²) in [6.45, 7) is 19.6. The van der Waals surface area contributed by atoms with Crippen molar-refractivity contribution in [3.63, 3.8) is 0 Å². The van der Waals surface area contributed by atoms with E-state index in [1.165, 1.54) is 116 Å². The van der Waals surface area contributed by atoms with Crippen molar-refractivity contribution < 1.29 is 17.1 Å². The first-order valence-corrected chi connectivity index (χ1v) is 19.5. The number of unbranched alkanes of at least 4 members (excludes halogenated alkanes) is 12. The first-order valence-electron chi connectivity index (χ1n) is 17.0. The van der Waals surface area contributed by atoms with Crippen LogP contribution in [-0.2, 0) is 55.0 Å². The van der Waals surface area contributed by atoms with Gasteiger partial charge >= 0.3 is 17.1 Å². The van der Waals surface area contributed by atoms with Crippen molar-refractivity contribution in [2.45, 2.75) is 157 Å². The van der Waals surface area contributed by atoms with Gasteiger partial charge in [-0.25, -0.2) is 0 Å². The molecule has 0 aromatic heterocycles. The van der Waals surface area contributed by atoms with Gasteiger partial charge in [0.05, 0.1) is 0 Å². The molecule has 0 fully saturated rings. The van der Waals surface area contributed by atoms with Gasteiger partial charge in [-0.3, -0.25) is 0 Å². The van der Waals surface area contributed by atoms with Gasteiger partial charge < -0.3 is 89.2 Å². The third-order valence-corrected chi connectivity index (χ3v) is 8.51. The molecule has 0 saturated carbocycles. The molecule has 0 aliphatic heterocycles. The van der Waals surface area contributed by atoms with Crippen molar-refractivity contribution in [3.05, 3.63) is 0 Å². The molecule has 257 valence electrons. The van der Waals surface area contributed by atoms with Crippen LogP contribution in [0.25, 0.3) is 0 Å². The van der Waals surface area contributed by atoms with Gasteiger partial charge in [0.15, 0.2) is 0 Å².